The van der Waals surface area contributed by atoms with Crippen molar-refractivity contribution in [3.63, 3.8) is 0 Å². The molecule has 1 fully saturated rings. The maximum atomic E-state index is 12.0. The van der Waals surface area contributed by atoms with Gasteiger partial charge in [-0.2, -0.15) is 5.26 Å². The second kappa shape index (κ2) is 5.46. The van der Waals surface area contributed by atoms with Crippen LogP contribution < -0.4 is 0 Å². The van der Waals surface area contributed by atoms with Gasteiger partial charge in [0, 0.05) is 18.7 Å². The summed E-state index contributed by atoms with van der Waals surface area (Å²) in [5, 5.41) is 8.67. The maximum Gasteiger partial charge on any atom is 0.294 e. The molecular weight excluding hydrogens is 228 g/mol. The molecule has 1 aliphatic rings. The fourth-order valence-electron chi connectivity index (χ4n) is 2.06. The molecule has 1 aromatic rings. The van der Waals surface area contributed by atoms with Crippen molar-refractivity contribution in [1.82, 2.24) is 4.90 Å². The van der Waals surface area contributed by atoms with E-state index in [1.807, 2.05) is 6.07 Å². The highest BCUT2D eigenvalue weighted by molar-refractivity contribution is 6.42. The number of ketones is 1. The number of hydrogen-bond donors (Lipinski definition) is 0. The lowest BCUT2D eigenvalue weighted by molar-refractivity contribution is -0.127. The van der Waals surface area contributed by atoms with Crippen LogP contribution in [0, 0.1) is 11.3 Å². The van der Waals surface area contributed by atoms with Gasteiger partial charge >= 0.3 is 0 Å². The molecule has 0 aromatic heterocycles. The van der Waals surface area contributed by atoms with Crippen molar-refractivity contribution >= 4 is 11.7 Å². The van der Waals surface area contributed by atoms with E-state index in [1.54, 1.807) is 17.0 Å². The van der Waals surface area contributed by atoms with Crippen LogP contribution in [-0.4, -0.2) is 29.7 Å². The molecule has 0 unspecified atom stereocenters. The van der Waals surface area contributed by atoms with Crippen LogP contribution >= 0.6 is 0 Å². The van der Waals surface area contributed by atoms with Gasteiger partial charge in [-0.05, 0) is 43.5 Å². The average molecular weight is 242 g/mol. The number of piperidine rings is 1. The first-order valence-corrected chi connectivity index (χ1v) is 6.06. The van der Waals surface area contributed by atoms with E-state index in [1.165, 1.54) is 12.1 Å². The summed E-state index contributed by atoms with van der Waals surface area (Å²) in [6, 6.07) is 8.14. The molecule has 2 rings (SSSR count). The van der Waals surface area contributed by atoms with E-state index in [-0.39, 0.29) is 0 Å². The highest BCUT2D eigenvalue weighted by Gasteiger charge is 2.24. The molecule has 1 amide bonds. The van der Waals surface area contributed by atoms with Crippen LogP contribution in [-0.2, 0) is 4.79 Å². The van der Waals surface area contributed by atoms with Crippen LogP contribution in [0.4, 0.5) is 0 Å². The number of carbonyl (C=O) groups is 2. The normalized spacial score (nSPS) is 14.9. The first-order valence-electron chi connectivity index (χ1n) is 6.06. The molecule has 0 aliphatic carbocycles. The summed E-state index contributed by atoms with van der Waals surface area (Å²) < 4.78 is 0. The topological polar surface area (TPSA) is 61.2 Å². The summed E-state index contributed by atoms with van der Waals surface area (Å²) in [4.78, 5) is 25.5. The van der Waals surface area contributed by atoms with E-state index in [0.717, 1.165) is 19.3 Å². The highest BCUT2D eigenvalue weighted by atomic mass is 16.2. The Hall–Kier alpha value is -2.15. The average Bonchev–Trinajstić information content (AvgIpc) is 2.47. The molecule has 0 saturated carbocycles. The SMILES string of the molecule is N#Cc1ccc(C(=O)C(=O)N2CCCCC2)cc1. The zero-order chi connectivity index (χ0) is 13.0. The summed E-state index contributed by atoms with van der Waals surface area (Å²) in [5.74, 6) is -0.916. The van der Waals surface area contributed by atoms with Gasteiger partial charge in [0.15, 0.2) is 0 Å². The lowest BCUT2D eigenvalue weighted by Crippen LogP contribution is -2.40. The van der Waals surface area contributed by atoms with Gasteiger partial charge in [0.2, 0.25) is 5.78 Å². The maximum absolute atomic E-state index is 12.0. The molecule has 1 saturated heterocycles. The fraction of sp³-hybridized carbons (Fsp3) is 0.357. The third-order valence-electron chi connectivity index (χ3n) is 3.11. The van der Waals surface area contributed by atoms with Gasteiger partial charge in [-0.3, -0.25) is 9.59 Å². The summed E-state index contributed by atoms with van der Waals surface area (Å²) >= 11 is 0. The van der Waals surface area contributed by atoms with Crippen LogP contribution in [0.5, 0.6) is 0 Å². The Bertz CT molecular complexity index is 494. The quantitative estimate of drug-likeness (QED) is 0.586. The number of benzene rings is 1. The van der Waals surface area contributed by atoms with E-state index >= 15 is 0 Å². The van der Waals surface area contributed by atoms with E-state index in [4.69, 9.17) is 5.26 Å². The van der Waals surface area contributed by atoms with Gasteiger partial charge in [0.25, 0.3) is 5.91 Å². The summed E-state index contributed by atoms with van der Waals surface area (Å²) in [7, 11) is 0. The molecule has 4 heteroatoms. The van der Waals surface area contributed by atoms with Gasteiger partial charge in [-0.15, -0.1) is 0 Å². The molecule has 18 heavy (non-hydrogen) atoms. The number of rotatable bonds is 2. The lowest BCUT2D eigenvalue weighted by atomic mass is 10.1. The van der Waals surface area contributed by atoms with Crippen LogP contribution in [0.15, 0.2) is 24.3 Å². The minimum Gasteiger partial charge on any atom is -0.336 e. The van der Waals surface area contributed by atoms with Crippen molar-refractivity contribution in [2.24, 2.45) is 0 Å². The smallest absolute Gasteiger partial charge is 0.294 e. The molecule has 1 aromatic carbocycles. The van der Waals surface area contributed by atoms with Gasteiger partial charge in [-0.1, -0.05) is 0 Å². The molecule has 4 nitrogen and oxygen atoms in total. The predicted octanol–water partition coefficient (Wildman–Crippen LogP) is 1.75. The summed E-state index contributed by atoms with van der Waals surface area (Å²) in [5.41, 5.74) is 0.835. The first kappa shape index (κ1) is 12.3. The molecule has 0 bridgehead atoms. The number of carbonyl (C=O) groups excluding carboxylic acids is 2. The van der Waals surface area contributed by atoms with Crippen LogP contribution in [0.2, 0.25) is 0 Å². The van der Waals surface area contributed by atoms with Crippen molar-refractivity contribution in [3.8, 4) is 6.07 Å². The van der Waals surface area contributed by atoms with Gasteiger partial charge in [-0.25, -0.2) is 0 Å². The molecule has 92 valence electrons. The largest absolute Gasteiger partial charge is 0.336 e. The Balaban J connectivity index is 2.10. The monoisotopic (exact) mass is 242 g/mol. The number of likely N-dealkylation sites (tertiary alicyclic amines) is 1. The molecule has 0 N–H and O–H groups in total. The molecule has 0 atom stereocenters. The fourth-order valence-corrected chi connectivity index (χ4v) is 2.06. The zero-order valence-corrected chi connectivity index (χ0v) is 10.1. The Morgan fingerprint density at radius 1 is 1.06 bits per heavy atom. The minimum absolute atomic E-state index is 0.351. The van der Waals surface area contributed by atoms with Crippen molar-refractivity contribution in [2.75, 3.05) is 13.1 Å². The van der Waals surface area contributed by atoms with Gasteiger partial charge < -0.3 is 4.90 Å². The highest BCUT2D eigenvalue weighted by Crippen LogP contribution is 2.12. The molecule has 1 aliphatic heterocycles. The van der Waals surface area contributed by atoms with E-state index < -0.39 is 11.7 Å². The Labute approximate surface area is 106 Å². The zero-order valence-electron chi connectivity index (χ0n) is 10.1. The lowest BCUT2D eigenvalue weighted by Gasteiger charge is -2.25. The number of amides is 1. The van der Waals surface area contributed by atoms with Crippen molar-refractivity contribution < 1.29 is 9.59 Å². The number of hydrogen-bond acceptors (Lipinski definition) is 3. The number of nitriles is 1. The molecule has 1 heterocycles. The molecule has 0 spiro atoms. The predicted molar refractivity (Wildman–Crippen MR) is 65.9 cm³/mol. The minimum atomic E-state index is -0.485. The number of nitrogens with zero attached hydrogens (tertiary/aromatic N) is 2. The van der Waals surface area contributed by atoms with Gasteiger partial charge in [0.1, 0.15) is 0 Å². The summed E-state index contributed by atoms with van der Waals surface area (Å²) in [6.45, 7) is 1.34. The Kier molecular flexibility index (Phi) is 3.73. The second-order valence-electron chi connectivity index (χ2n) is 4.37. The van der Waals surface area contributed by atoms with E-state index in [0.29, 0.717) is 24.2 Å². The van der Waals surface area contributed by atoms with Crippen molar-refractivity contribution in [3.05, 3.63) is 35.4 Å². The van der Waals surface area contributed by atoms with Gasteiger partial charge in [0.05, 0.1) is 11.6 Å². The van der Waals surface area contributed by atoms with Crippen molar-refractivity contribution in [2.45, 2.75) is 19.3 Å². The van der Waals surface area contributed by atoms with Crippen LogP contribution in [0.1, 0.15) is 35.2 Å². The third-order valence-corrected chi connectivity index (χ3v) is 3.11. The number of Topliss-reactive ketones (excluding diaryl/α,β-unsaturated/α-hetero) is 1. The van der Waals surface area contributed by atoms with Crippen LogP contribution in [0.25, 0.3) is 0 Å². The second-order valence-corrected chi connectivity index (χ2v) is 4.37. The molecular formula is C14H14N2O2. The van der Waals surface area contributed by atoms with Crippen LogP contribution in [0.3, 0.4) is 0 Å². The third kappa shape index (κ3) is 2.57. The van der Waals surface area contributed by atoms with Crippen molar-refractivity contribution in [1.29, 1.82) is 5.26 Å². The van der Waals surface area contributed by atoms with E-state index in [2.05, 4.69) is 0 Å². The summed E-state index contributed by atoms with van der Waals surface area (Å²) in [6.07, 6.45) is 3.05. The molecule has 0 radical (unpaired) electrons. The van der Waals surface area contributed by atoms with E-state index in [9.17, 15) is 9.59 Å². The Morgan fingerprint density at radius 3 is 2.22 bits per heavy atom. The first-order chi connectivity index (χ1) is 8.72. The Morgan fingerprint density at radius 2 is 1.67 bits per heavy atom. The standard InChI is InChI=1S/C14H14N2O2/c15-10-11-4-6-12(7-5-11)13(17)14(18)16-8-2-1-3-9-16/h4-7H,1-3,8-9H2.